The second kappa shape index (κ2) is 7.59. The van der Waals surface area contributed by atoms with E-state index in [-0.39, 0.29) is 11.7 Å². The van der Waals surface area contributed by atoms with Gasteiger partial charge in [0.1, 0.15) is 0 Å². The molecule has 6 nitrogen and oxygen atoms in total. The number of carbonyl (C=O) groups is 1. The fourth-order valence-corrected chi connectivity index (χ4v) is 2.95. The average molecular weight is 405 g/mol. The van der Waals surface area contributed by atoms with Gasteiger partial charge in [-0.1, -0.05) is 38.9 Å². The van der Waals surface area contributed by atoms with Crippen LogP contribution in [0, 0.1) is 6.92 Å². The van der Waals surface area contributed by atoms with Gasteiger partial charge in [0.05, 0.1) is 16.3 Å². The number of nitrogens with one attached hydrogen (secondary N) is 1. The second-order valence-electron chi connectivity index (χ2n) is 4.88. The van der Waals surface area contributed by atoms with Gasteiger partial charge in [0.25, 0.3) is 5.89 Å². The van der Waals surface area contributed by atoms with Crippen molar-refractivity contribution in [1.29, 1.82) is 0 Å². The lowest BCUT2D eigenvalue weighted by molar-refractivity contribution is -0.113. The highest BCUT2D eigenvalue weighted by molar-refractivity contribution is 9.10. The molecular weight excluding hydrogens is 392 g/mol. The highest BCUT2D eigenvalue weighted by Gasteiger charge is 2.08. The lowest BCUT2D eigenvalue weighted by Crippen LogP contribution is -2.14. The minimum atomic E-state index is -0.0866. The monoisotopic (exact) mass is 404 g/mol. The molecule has 3 aromatic rings. The zero-order valence-electron chi connectivity index (χ0n) is 12.7. The Morgan fingerprint density at radius 2 is 2.21 bits per heavy atom. The normalized spacial score (nSPS) is 10.6. The number of nitrogens with zero attached hydrogens (tertiary/aromatic N) is 3. The fraction of sp³-hybridized carbons (Fsp3) is 0.125. The van der Waals surface area contributed by atoms with E-state index >= 15 is 0 Å². The molecule has 1 aromatic carbocycles. The van der Waals surface area contributed by atoms with Crippen LogP contribution in [0.25, 0.3) is 11.5 Å². The van der Waals surface area contributed by atoms with Gasteiger partial charge in [-0.05, 0) is 37.3 Å². The third-order valence-corrected chi connectivity index (χ3v) is 4.41. The van der Waals surface area contributed by atoms with Crippen LogP contribution in [0.15, 0.2) is 56.6 Å². The predicted octanol–water partition coefficient (Wildman–Crippen LogP) is 3.93. The number of rotatable bonds is 5. The molecule has 2 aromatic heterocycles. The van der Waals surface area contributed by atoms with Crippen LogP contribution in [0.2, 0.25) is 0 Å². The summed E-state index contributed by atoms with van der Waals surface area (Å²) in [5.41, 5.74) is 1.50. The van der Waals surface area contributed by atoms with E-state index in [2.05, 4.69) is 36.4 Å². The van der Waals surface area contributed by atoms with Crippen molar-refractivity contribution >= 4 is 39.3 Å². The van der Waals surface area contributed by atoms with E-state index in [0.29, 0.717) is 11.7 Å². The molecule has 2 heterocycles. The van der Waals surface area contributed by atoms with Crippen molar-refractivity contribution in [2.75, 3.05) is 11.1 Å². The molecule has 0 radical (unpaired) electrons. The quantitative estimate of drug-likeness (QED) is 0.648. The van der Waals surface area contributed by atoms with Crippen LogP contribution in [-0.2, 0) is 4.79 Å². The van der Waals surface area contributed by atoms with Gasteiger partial charge < -0.3 is 9.84 Å². The van der Waals surface area contributed by atoms with E-state index in [4.69, 9.17) is 4.52 Å². The fourth-order valence-electron chi connectivity index (χ4n) is 1.91. The number of amides is 1. The van der Waals surface area contributed by atoms with E-state index in [9.17, 15) is 4.79 Å². The van der Waals surface area contributed by atoms with Gasteiger partial charge in [-0.25, -0.2) is 4.98 Å². The molecule has 1 amide bonds. The van der Waals surface area contributed by atoms with E-state index in [1.54, 1.807) is 13.1 Å². The Kier molecular flexibility index (Phi) is 5.27. The summed E-state index contributed by atoms with van der Waals surface area (Å²) in [4.78, 5) is 20.4. The van der Waals surface area contributed by atoms with Gasteiger partial charge in [0.2, 0.25) is 5.91 Å². The smallest absolute Gasteiger partial charge is 0.259 e. The third kappa shape index (κ3) is 4.42. The highest BCUT2D eigenvalue weighted by Crippen LogP contribution is 2.21. The van der Waals surface area contributed by atoms with E-state index in [0.717, 1.165) is 20.7 Å². The Morgan fingerprint density at radius 3 is 2.88 bits per heavy atom. The largest absolute Gasteiger partial charge is 0.334 e. The van der Waals surface area contributed by atoms with E-state index in [1.807, 2.05) is 36.4 Å². The van der Waals surface area contributed by atoms with Crippen LogP contribution < -0.4 is 5.32 Å². The third-order valence-electron chi connectivity index (χ3n) is 2.97. The van der Waals surface area contributed by atoms with Gasteiger partial charge in [-0.3, -0.25) is 4.79 Å². The maximum atomic E-state index is 12.0. The van der Waals surface area contributed by atoms with Crippen LogP contribution in [0.1, 0.15) is 5.82 Å². The van der Waals surface area contributed by atoms with Crippen molar-refractivity contribution in [2.45, 2.75) is 11.9 Å². The molecule has 8 heteroatoms. The number of pyridine rings is 1. The molecule has 0 saturated heterocycles. The summed E-state index contributed by atoms with van der Waals surface area (Å²) < 4.78 is 6.01. The molecule has 3 rings (SSSR count). The maximum absolute atomic E-state index is 12.0. The van der Waals surface area contributed by atoms with Gasteiger partial charge in [0, 0.05) is 16.4 Å². The number of anilines is 1. The molecule has 0 aliphatic heterocycles. The molecule has 24 heavy (non-hydrogen) atoms. The summed E-state index contributed by atoms with van der Waals surface area (Å²) in [6.45, 7) is 1.76. The van der Waals surface area contributed by atoms with Crippen molar-refractivity contribution in [3.63, 3.8) is 0 Å². The SMILES string of the molecule is Cc1noc(-c2ccc(SCC(=O)Nc3cccc(Br)c3)nc2)n1. The molecule has 0 atom stereocenters. The molecule has 0 aliphatic carbocycles. The molecule has 122 valence electrons. The van der Waals surface area contributed by atoms with Crippen LogP contribution >= 0.6 is 27.7 Å². The first-order valence-corrected chi connectivity index (χ1v) is 8.83. The number of carbonyl (C=O) groups excluding carboxylic acids is 1. The Bertz CT molecular complexity index is 851. The Hall–Kier alpha value is -2.19. The lowest BCUT2D eigenvalue weighted by atomic mass is 10.3. The molecule has 0 fully saturated rings. The summed E-state index contributed by atoms with van der Waals surface area (Å²) >= 11 is 4.73. The van der Waals surface area contributed by atoms with Crippen molar-refractivity contribution in [1.82, 2.24) is 15.1 Å². The minimum Gasteiger partial charge on any atom is -0.334 e. The first kappa shape index (κ1) is 16.7. The van der Waals surface area contributed by atoms with E-state index < -0.39 is 0 Å². The van der Waals surface area contributed by atoms with Gasteiger partial charge in [-0.15, -0.1) is 0 Å². The van der Waals surface area contributed by atoms with Crippen LogP contribution in [-0.4, -0.2) is 26.8 Å². The highest BCUT2D eigenvalue weighted by atomic mass is 79.9. The Balaban J connectivity index is 1.55. The molecule has 0 aliphatic rings. The Morgan fingerprint density at radius 1 is 1.33 bits per heavy atom. The topological polar surface area (TPSA) is 80.9 Å². The number of hydrogen-bond donors (Lipinski definition) is 1. The second-order valence-corrected chi connectivity index (χ2v) is 6.79. The molecule has 0 spiro atoms. The maximum Gasteiger partial charge on any atom is 0.259 e. The molecule has 1 N–H and O–H groups in total. The molecule has 0 saturated carbocycles. The minimum absolute atomic E-state index is 0.0866. The number of aromatic nitrogens is 3. The average Bonchev–Trinajstić information content (AvgIpc) is 3.00. The summed E-state index contributed by atoms with van der Waals surface area (Å²) in [6.07, 6.45) is 1.65. The first-order valence-electron chi connectivity index (χ1n) is 7.05. The van der Waals surface area contributed by atoms with Crippen molar-refractivity contribution in [3.05, 3.63) is 52.9 Å². The van der Waals surface area contributed by atoms with Crippen molar-refractivity contribution in [2.24, 2.45) is 0 Å². The van der Waals surface area contributed by atoms with Crippen LogP contribution in [0.5, 0.6) is 0 Å². The number of thioether (sulfide) groups is 1. The summed E-state index contributed by atoms with van der Waals surface area (Å²) in [6, 6.07) is 11.1. The van der Waals surface area contributed by atoms with Gasteiger partial charge >= 0.3 is 0 Å². The standard InChI is InChI=1S/C16H13BrN4O2S/c1-10-19-16(23-21-10)11-5-6-15(18-8-11)24-9-14(22)20-13-4-2-3-12(17)7-13/h2-8H,9H2,1H3,(H,20,22). The van der Waals surface area contributed by atoms with Gasteiger partial charge in [0.15, 0.2) is 5.82 Å². The number of benzene rings is 1. The molecular formula is C16H13BrN4O2S. The Labute approximate surface area is 151 Å². The molecule has 0 bridgehead atoms. The summed E-state index contributed by atoms with van der Waals surface area (Å²) in [5, 5.41) is 7.34. The first-order chi connectivity index (χ1) is 11.6. The lowest BCUT2D eigenvalue weighted by Gasteiger charge is -2.05. The number of hydrogen-bond acceptors (Lipinski definition) is 6. The zero-order valence-corrected chi connectivity index (χ0v) is 15.1. The number of halogens is 1. The predicted molar refractivity (Wildman–Crippen MR) is 95.8 cm³/mol. The van der Waals surface area contributed by atoms with Crippen molar-refractivity contribution in [3.8, 4) is 11.5 Å². The van der Waals surface area contributed by atoms with Crippen molar-refractivity contribution < 1.29 is 9.32 Å². The van der Waals surface area contributed by atoms with E-state index in [1.165, 1.54) is 11.8 Å². The van der Waals surface area contributed by atoms with Crippen LogP contribution in [0.4, 0.5) is 5.69 Å². The zero-order chi connectivity index (χ0) is 16.9. The summed E-state index contributed by atoms with van der Waals surface area (Å²) in [5.74, 6) is 1.20. The number of aryl methyl sites for hydroxylation is 1. The summed E-state index contributed by atoms with van der Waals surface area (Å²) in [7, 11) is 0. The van der Waals surface area contributed by atoms with Crippen LogP contribution in [0.3, 0.4) is 0 Å². The molecule has 0 unspecified atom stereocenters. The van der Waals surface area contributed by atoms with Gasteiger partial charge in [-0.2, -0.15) is 4.98 Å².